The molecule has 2 heterocycles. The van der Waals surface area contributed by atoms with Crippen LogP contribution < -0.4 is 80.4 Å². The summed E-state index contributed by atoms with van der Waals surface area (Å²) >= 11 is 12.2. The third-order valence-corrected chi connectivity index (χ3v) is 10.2. The maximum absolute atomic E-state index is 12.4. The predicted octanol–water partition coefficient (Wildman–Crippen LogP) is 0.678. The van der Waals surface area contributed by atoms with E-state index in [4.69, 9.17) is 32.7 Å². The molecule has 4 aromatic carbocycles. The third kappa shape index (κ3) is 14.3. The van der Waals surface area contributed by atoms with Crippen molar-refractivity contribution < 1.29 is 104 Å². The summed E-state index contributed by atoms with van der Waals surface area (Å²) in [6, 6.07) is 19.7. The number of carbonyl (C=O) groups excluding carboxylic acids is 2. The summed E-state index contributed by atoms with van der Waals surface area (Å²) in [5, 5.41) is 10.8. The number of nitrogens with zero attached hydrogens (tertiary/aromatic N) is 6. The number of hydrogen-bond acceptors (Lipinski definition) is 20. The number of rotatable bonds is 16. The molecule has 0 saturated carbocycles. The summed E-state index contributed by atoms with van der Waals surface area (Å²) in [5.41, 5.74) is 1.39. The van der Waals surface area contributed by atoms with E-state index in [0.717, 1.165) is 24.3 Å². The molecule has 0 saturated heterocycles. The first kappa shape index (κ1) is 51.8. The standard InChI is InChI=1S/C38H32Cl2N10O10S2.2Na/c1-3-59-31(51)23-9-13-25(14-10-23)41-35-45-33(39)47-37(49-35)43-27-17-7-21(29(19-27)61(53,54)55)5-6-22-8-18-28(20-30(22)62(56,57)58)44-38-48-34(40)46-36(50-38)42-26-15-11-24(12-16-26)32(52)60-4-2;;/h5-20H,3-4H2,1-2H3,(H,53,54,55)(H,56,57,58)(H2,41,43,45,47,49)(H2,42,44,46,48,50);;/q;2*+1/p-2/b6-5+;;. The number of aromatic nitrogens is 6. The van der Waals surface area contributed by atoms with Gasteiger partial charge in [-0.15, -0.1) is 0 Å². The fraction of sp³-hybridized carbons (Fsp3) is 0.105. The van der Waals surface area contributed by atoms with Gasteiger partial charge in [0.2, 0.25) is 34.4 Å². The van der Waals surface area contributed by atoms with Crippen molar-refractivity contribution in [3.8, 4) is 0 Å². The van der Waals surface area contributed by atoms with Crippen molar-refractivity contribution in [1.82, 2.24) is 29.9 Å². The van der Waals surface area contributed by atoms with E-state index in [1.165, 1.54) is 48.5 Å². The molecular formula is C38H30Cl2N10Na2O10S2. The average Bonchev–Trinajstić information content (AvgIpc) is 3.20. The quantitative estimate of drug-likeness (QED) is 0.0449. The van der Waals surface area contributed by atoms with E-state index in [1.54, 1.807) is 38.1 Å². The molecule has 0 atom stereocenters. The fourth-order valence-corrected chi connectivity index (χ4v) is 7.07. The van der Waals surface area contributed by atoms with Gasteiger partial charge in [0.25, 0.3) is 0 Å². The Morgan fingerprint density at radius 3 is 1.12 bits per heavy atom. The van der Waals surface area contributed by atoms with E-state index >= 15 is 0 Å². The predicted molar refractivity (Wildman–Crippen MR) is 225 cm³/mol. The molecule has 64 heavy (non-hydrogen) atoms. The molecule has 0 unspecified atom stereocenters. The Bertz CT molecular complexity index is 2730. The third-order valence-electron chi connectivity index (χ3n) is 8.04. The molecule has 0 spiro atoms. The minimum atomic E-state index is -5.15. The average molecular weight is 968 g/mol. The molecule has 0 radical (unpaired) electrons. The van der Waals surface area contributed by atoms with E-state index in [1.807, 2.05) is 0 Å². The van der Waals surface area contributed by atoms with Crippen molar-refractivity contribution in [2.24, 2.45) is 0 Å². The van der Waals surface area contributed by atoms with Crippen LogP contribution in [0.2, 0.25) is 10.6 Å². The molecule has 20 nitrogen and oxygen atoms in total. The Morgan fingerprint density at radius 1 is 0.531 bits per heavy atom. The minimum absolute atomic E-state index is 0. The number of hydrogen-bond donors (Lipinski definition) is 4. The van der Waals surface area contributed by atoms with Gasteiger partial charge < -0.3 is 39.8 Å². The van der Waals surface area contributed by atoms with Crippen LogP contribution in [0, 0.1) is 0 Å². The first-order valence-electron chi connectivity index (χ1n) is 17.8. The monoisotopic (exact) mass is 966 g/mol. The largest absolute Gasteiger partial charge is 1.00 e. The topological polar surface area (TPSA) is 292 Å². The molecule has 2 aromatic heterocycles. The normalized spacial score (nSPS) is 11.2. The van der Waals surface area contributed by atoms with Gasteiger partial charge in [-0.2, -0.15) is 29.9 Å². The molecule has 6 aromatic rings. The SMILES string of the molecule is CCOC(=O)c1ccc(Nc2nc(Cl)nc(Nc3ccc(/C=C/c4ccc(Nc5nc(Cl)nc(Nc6ccc(C(=O)OCC)cc6)n5)cc4S(=O)(=O)[O-])c(S(=O)(=O)[O-])c3)n2)cc1.[Na+].[Na+]. The summed E-state index contributed by atoms with van der Waals surface area (Å²) in [7, 11) is -10.3. The second kappa shape index (κ2) is 22.9. The van der Waals surface area contributed by atoms with Crippen LogP contribution in [0.15, 0.2) is 94.7 Å². The fourth-order valence-electron chi connectivity index (χ4n) is 5.36. The number of nitrogens with one attached hydrogen (secondary N) is 4. The van der Waals surface area contributed by atoms with E-state index in [-0.39, 0.29) is 129 Å². The number of ether oxygens (including phenoxy) is 2. The maximum atomic E-state index is 12.4. The van der Waals surface area contributed by atoms with E-state index in [9.17, 15) is 35.5 Å². The van der Waals surface area contributed by atoms with Crippen molar-refractivity contribution in [3.05, 3.63) is 118 Å². The van der Waals surface area contributed by atoms with Crippen molar-refractivity contribution in [2.75, 3.05) is 34.5 Å². The maximum Gasteiger partial charge on any atom is 1.00 e. The van der Waals surface area contributed by atoms with Crippen LogP contribution in [0.1, 0.15) is 45.7 Å². The number of halogens is 2. The molecule has 4 N–H and O–H groups in total. The second-order valence-corrected chi connectivity index (χ2v) is 15.7. The van der Waals surface area contributed by atoms with Crippen LogP contribution in [0.4, 0.5) is 46.5 Å². The molecule has 0 aliphatic rings. The molecular weight excluding hydrogens is 937 g/mol. The van der Waals surface area contributed by atoms with Crippen molar-refractivity contribution in [2.45, 2.75) is 23.6 Å². The van der Waals surface area contributed by atoms with Crippen LogP contribution in [0.3, 0.4) is 0 Å². The summed E-state index contributed by atoms with van der Waals surface area (Å²) in [6.07, 6.45) is 2.29. The van der Waals surface area contributed by atoms with Crippen LogP contribution in [-0.2, 0) is 29.7 Å². The summed E-state index contributed by atoms with van der Waals surface area (Å²) in [4.78, 5) is 46.9. The zero-order valence-corrected chi connectivity index (χ0v) is 41.1. The Hall–Kier alpha value is -4.82. The molecule has 320 valence electrons. The Morgan fingerprint density at radius 2 is 0.828 bits per heavy atom. The van der Waals surface area contributed by atoms with E-state index in [0.29, 0.717) is 22.5 Å². The number of esters is 2. The van der Waals surface area contributed by atoms with Gasteiger partial charge in [0.1, 0.15) is 20.2 Å². The second-order valence-electron chi connectivity index (χ2n) is 12.3. The van der Waals surface area contributed by atoms with Gasteiger partial charge in [0.05, 0.1) is 34.1 Å². The number of carbonyl (C=O) groups is 2. The Balaban J connectivity index is 0.00000449. The van der Waals surface area contributed by atoms with Crippen LogP contribution in [0.5, 0.6) is 0 Å². The molecule has 0 bridgehead atoms. The first-order valence-corrected chi connectivity index (χ1v) is 21.4. The Labute approximate surface area is 420 Å². The minimum Gasteiger partial charge on any atom is -0.744 e. The van der Waals surface area contributed by atoms with Gasteiger partial charge in [-0.1, -0.05) is 24.3 Å². The van der Waals surface area contributed by atoms with Gasteiger partial charge >= 0.3 is 71.1 Å². The van der Waals surface area contributed by atoms with E-state index in [2.05, 4.69) is 51.2 Å². The van der Waals surface area contributed by atoms with Gasteiger partial charge in [0, 0.05) is 22.7 Å². The van der Waals surface area contributed by atoms with Crippen LogP contribution >= 0.6 is 23.2 Å². The summed E-state index contributed by atoms with van der Waals surface area (Å²) in [6.45, 7) is 3.81. The van der Waals surface area contributed by atoms with Gasteiger partial charge in [-0.05, 0) is 121 Å². The van der Waals surface area contributed by atoms with Gasteiger partial charge in [-0.25, -0.2) is 26.4 Å². The molecule has 6 rings (SSSR count). The van der Waals surface area contributed by atoms with Crippen LogP contribution in [0.25, 0.3) is 12.2 Å². The Kier molecular flexibility index (Phi) is 18.5. The van der Waals surface area contributed by atoms with Gasteiger partial charge in [0.15, 0.2) is 0 Å². The van der Waals surface area contributed by atoms with Crippen molar-refractivity contribution >= 4 is 114 Å². The number of benzene rings is 4. The molecule has 0 aliphatic carbocycles. The molecule has 0 fully saturated rings. The summed E-state index contributed by atoms with van der Waals surface area (Å²) < 4.78 is 84.5. The zero-order chi connectivity index (χ0) is 44.6. The van der Waals surface area contributed by atoms with Crippen molar-refractivity contribution in [3.63, 3.8) is 0 Å². The smallest absolute Gasteiger partial charge is 0.744 e. The van der Waals surface area contributed by atoms with Gasteiger partial charge in [-0.3, -0.25) is 0 Å². The molecule has 0 amide bonds. The van der Waals surface area contributed by atoms with E-state index < -0.39 is 42.0 Å². The van der Waals surface area contributed by atoms with Crippen LogP contribution in [-0.4, -0.2) is 81.0 Å². The molecule has 0 aliphatic heterocycles. The zero-order valence-electron chi connectivity index (χ0n) is 34.0. The number of anilines is 8. The summed E-state index contributed by atoms with van der Waals surface area (Å²) in [5.74, 6) is -1.31. The first-order chi connectivity index (χ1) is 29.5. The van der Waals surface area contributed by atoms with Crippen molar-refractivity contribution in [1.29, 1.82) is 0 Å². The molecule has 26 heteroatoms.